The van der Waals surface area contributed by atoms with Gasteiger partial charge in [0.25, 0.3) is 12.0 Å². The summed E-state index contributed by atoms with van der Waals surface area (Å²) in [5.74, 6) is -1.72. The van der Waals surface area contributed by atoms with Crippen LogP contribution in [0, 0.1) is 0 Å². The molecule has 0 aliphatic heterocycles. The zero-order chi connectivity index (χ0) is 12.3. The number of carbonyl (C=O) groups excluding carboxylic acids is 1. The van der Waals surface area contributed by atoms with Crippen molar-refractivity contribution in [2.24, 2.45) is 0 Å². The highest BCUT2D eigenvalue weighted by molar-refractivity contribution is 5.71. The van der Waals surface area contributed by atoms with E-state index in [0.29, 0.717) is 0 Å². The van der Waals surface area contributed by atoms with Crippen LogP contribution in [0.2, 0.25) is 0 Å². The minimum absolute atomic E-state index is 0.0371. The molecule has 0 spiro atoms. The number of alkyl halides is 2. The predicted octanol–water partition coefficient (Wildman–Crippen LogP) is 0.734. The second-order valence-electron chi connectivity index (χ2n) is 2.98. The number of aromatic amines is 1. The molecule has 0 aliphatic carbocycles. The van der Waals surface area contributed by atoms with Gasteiger partial charge >= 0.3 is 5.97 Å². The topological polar surface area (TPSA) is 79.4 Å². The van der Waals surface area contributed by atoms with Crippen molar-refractivity contribution in [2.45, 2.75) is 12.8 Å². The van der Waals surface area contributed by atoms with Gasteiger partial charge < -0.3 is 14.8 Å². The molecule has 0 bridgehead atoms. The lowest BCUT2D eigenvalue weighted by Crippen LogP contribution is -2.14. The Bertz CT molecular complexity index is 455. The lowest BCUT2D eigenvalue weighted by Gasteiger charge is -2.05. The highest BCUT2D eigenvalue weighted by atomic mass is 19.3. The van der Waals surface area contributed by atoms with Gasteiger partial charge in [-0.05, 0) is 6.07 Å². The van der Waals surface area contributed by atoms with E-state index in [2.05, 4.69) is 9.72 Å². The average Bonchev–Trinajstić information content (AvgIpc) is 2.22. The third-order valence-electron chi connectivity index (χ3n) is 1.89. The van der Waals surface area contributed by atoms with E-state index in [9.17, 15) is 18.4 Å². The molecule has 1 rings (SSSR count). The van der Waals surface area contributed by atoms with Gasteiger partial charge in [0.1, 0.15) is 0 Å². The van der Waals surface area contributed by atoms with Gasteiger partial charge in [-0.15, -0.1) is 0 Å². The third-order valence-corrected chi connectivity index (χ3v) is 1.89. The fourth-order valence-corrected chi connectivity index (χ4v) is 1.12. The molecule has 16 heavy (non-hydrogen) atoms. The monoisotopic (exact) mass is 233 g/mol. The Balaban J connectivity index is 3.14. The van der Waals surface area contributed by atoms with E-state index >= 15 is 0 Å². The van der Waals surface area contributed by atoms with Gasteiger partial charge in [0.15, 0.2) is 5.75 Å². The minimum Gasteiger partial charge on any atom is -0.503 e. The molecule has 1 heterocycles. The van der Waals surface area contributed by atoms with E-state index in [1.165, 1.54) is 0 Å². The molecule has 2 N–H and O–H groups in total. The minimum atomic E-state index is -2.99. The van der Waals surface area contributed by atoms with Crippen LogP contribution in [0.3, 0.4) is 0 Å². The van der Waals surface area contributed by atoms with Gasteiger partial charge in [0.05, 0.1) is 19.1 Å². The Hall–Kier alpha value is -1.92. The summed E-state index contributed by atoms with van der Waals surface area (Å²) in [7, 11) is 1.13. The molecule has 88 valence electrons. The van der Waals surface area contributed by atoms with Crippen molar-refractivity contribution < 1.29 is 23.4 Å². The molecule has 5 nitrogen and oxygen atoms in total. The summed E-state index contributed by atoms with van der Waals surface area (Å²) in [5.41, 5.74) is -1.90. The number of esters is 1. The molecule has 0 saturated carbocycles. The molecule has 0 aliphatic rings. The van der Waals surface area contributed by atoms with Crippen LogP contribution in [0.4, 0.5) is 8.78 Å². The number of halogens is 2. The van der Waals surface area contributed by atoms with Gasteiger partial charge in [0, 0.05) is 5.69 Å². The fraction of sp³-hybridized carbons (Fsp3) is 0.333. The number of carbonyl (C=O) groups is 1. The number of hydrogen-bond donors (Lipinski definition) is 2. The standard InChI is InChI=1S/C9H9F2NO4/c1-16-6(13)3-4-2-5(8(10)11)7(14)9(15)12-4/h2,8,14H,3H2,1H3,(H,12,15). The van der Waals surface area contributed by atoms with Gasteiger partial charge in [-0.2, -0.15) is 0 Å². The van der Waals surface area contributed by atoms with E-state index in [1.54, 1.807) is 0 Å². The Kier molecular flexibility index (Phi) is 3.60. The average molecular weight is 233 g/mol. The quantitative estimate of drug-likeness (QED) is 0.754. The SMILES string of the molecule is COC(=O)Cc1cc(C(F)F)c(O)c(=O)[nH]1. The first kappa shape index (κ1) is 12.2. The van der Waals surface area contributed by atoms with Crippen LogP contribution in [-0.2, 0) is 16.0 Å². The number of rotatable bonds is 3. The highest BCUT2D eigenvalue weighted by Crippen LogP contribution is 2.25. The second-order valence-corrected chi connectivity index (χ2v) is 2.98. The summed E-state index contributed by atoms with van der Waals surface area (Å²) in [5, 5.41) is 9.04. The first-order valence-corrected chi connectivity index (χ1v) is 4.25. The Morgan fingerprint density at radius 3 is 2.75 bits per heavy atom. The van der Waals surface area contributed by atoms with Gasteiger partial charge in [0.2, 0.25) is 0 Å². The molecule has 0 fully saturated rings. The number of pyridine rings is 1. The summed E-state index contributed by atoms with van der Waals surface area (Å²) >= 11 is 0. The first-order chi connectivity index (χ1) is 7.45. The molecular formula is C9H9F2NO4. The molecule has 0 radical (unpaired) electrons. The van der Waals surface area contributed by atoms with Crippen LogP contribution in [0.1, 0.15) is 17.7 Å². The fourth-order valence-electron chi connectivity index (χ4n) is 1.12. The van der Waals surface area contributed by atoms with Crippen LogP contribution in [-0.4, -0.2) is 23.2 Å². The molecular weight excluding hydrogens is 224 g/mol. The molecule has 0 amide bonds. The van der Waals surface area contributed by atoms with Crippen molar-refractivity contribution in [3.05, 3.63) is 27.7 Å². The summed E-state index contributed by atoms with van der Waals surface area (Å²) in [4.78, 5) is 24.0. The van der Waals surface area contributed by atoms with E-state index in [0.717, 1.165) is 13.2 Å². The molecule has 0 saturated heterocycles. The summed E-state index contributed by atoms with van der Waals surface area (Å²) in [6, 6.07) is 0.859. The van der Waals surface area contributed by atoms with E-state index in [-0.39, 0.29) is 12.1 Å². The normalized spacial score (nSPS) is 10.5. The second kappa shape index (κ2) is 4.73. The van der Waals surface area contributed by atoms with Crippen molar-refractivity contribution in [1.29, 1.82) is 0 Å². The predicted molar refractivity (Wildman–Crippen MR) is 49.4 cm³/mol. The lowest BCUT2D eigenvalue weighted by atomic mass is 10.2. The molecule has 1 aromatic heterocycles. The highest BCUT2D eigenvalue weighted by Gasteiger charge is 2.17. The number of aromatic nitrogens is 1. The van der Waals surface area contributed by atoms with Gasteiger partial charge in [-0.3, -0.25) is 9.59 Å². The summed E-state index contributed by atoms with van der Waals surface area (Å²) in [6.45, 7) is 0. The zero-order valence-electron chi connectivity index (χ0n) is 8.29. The number of H-pyrrole nitrogens is 1. The van der Waals surface area contributed by atoms with Crippen molar-refractivity contribution in [2.75, 3.05) is 7.11 Å². The Morgan fingerprint density at radius 2 is 2.25 bits per heavy atom. The van der Waals surface area contributed by atoms with Crippen molar-refractivity contribution in [1.82, 2.24) is 4.98 Å². The largest absolute Gasteiger partial charge is 0.503 e. The maximum absolute atomic E-state index is 12.4. The van der Waals surface area contributed by atoms with Crippen LogP contribution in [0.25, 0.3) is 0 Å². The van der Waals surface area contributed by atoms with Gasteiger partial charge in [-0.25, -0.2) is 8.78 Å². The van der Waals surface area contributed by atoms with Crippen molar-refractivity contribution >= 4 is 5.97 Å². The lowest BCUT2D eigenvalue weighted by molar-refractivity contribution is -0.139. The van der Waals surface area contributed by atoms with Crippen LogP contribution < -0.4 is 5.56 Å². The maximum Gasteiger partial charge on any atom is 0.311 e. The van der Waals surface area contributed by atoms with Gasteiger partial charge in [-0.1, -0.05) is 0 Å². The molecule has 7 heteroatoms. The number of hydrogen-bond acceptors (Lipinski definition) is 4. The van der Waals surface area contributed by atoms with E-state index in [1.807, 2.05) is 0 Å². The molecule has 0 aromatic carbocycles. The number of nitrogens with one attached hydrogen (secondary N) is 1. The third kappa shape index (κ3) is 2.56. The molecule has 0 atom stereocenters. The smallest absolute Gasteiger partial charge is 0.311 e. The Labute approximate surface area is 88.7 Å². The number of ether oxygens (including phenoxy) is 1. The Morgan fingerprint density at radius 1 is 1.62 bits per heavy atom. The molecule has 1 aromatic rings. The van der Waals surface area contributed by atoms with Crippen LogP contribution >= 0.6 is 0 Å². The van der Waals surface area contributed by atoms with Crippen molar-refractivity contribution in [3.63, 3.8) is 0 Å². The summed E-state index contributed by atoms with van der Waals surface area (Å²) in [6.07, 6.45) is -3.33. The zero-order valence-corrected chi connectivity index (χ0v) is 8.29. The van der Waals surface area contributed by atoms with Crippen molar-refractivity contribution in [3.8, 4) is 5.75 Å². The van der Waals surface area contributed by atoms with E-state index in [4.69, 9.17) is 5.11 Å². The summed E-state index contributed by atoms with van der Waals surface area (Å²) < 4.78 is 29.1. The number of aromatic hydroxyl groups is 1. The number of methoxy groups -OCH3 is 1. The molecule has 0 unspecified atom stereocenters. The van der Waals surface area contributed by atoms with Crippen LogP contribution in [0.5, 0.6) is 5.75 Å². The maximum atomic E-state index is 12.4. The van der Waals surface area contributed by atoms with E-state index < -0.39 is 29.3 Å². The first-order valence-electron chi connectivity index (χ1n) is 4.25. The van der Waals surface area contributed by atoms with Crippen LogP contribution in [0.15, 0.2) is 10.9 Å².